The molecule has 1 unspecified atom stereocenters. The molecular weight excluding hydrogens is 332 g/mol. The third-order valence-corrected chi connectivity index (χ3v) is 5.08. The van der Waals surface area contributed by atoms with Gasteiger partial charge in [0.25, 0.3) is 5.91 Å². The fourth-order valence-corrected chi connectivity index (χ4v) is 3.60. The van der Waals surface area contributed by atoms with Gasteiger partial charge in [0, 0.05) is 37.8 Å². The summed E-state index contributed by atoms with van der Waals surface area (Å²) in [5, 5.41) is 5.65. The Bertz CT molecular complexity index is 656. The minimum absolute atomic E-state index is 0.00418. The quantitative estimate of drug-likeness (QED) is 0.849. The average Bonchev–Trinajstić information content (AvgIpc) is 2.68. The van der Waals surface area contributed by atoms with Gasteiger partial charge in [0.1, 0.15) is 6.04 Å². The van der Waals surface area contributed by atoms with E-state index in [-0.39, 0.29) is 23.9 Å². The number of benzene rings is 1. The minimum Gasteiger partial charge on any atom is -0.341 e. The smallest absolute Gasteiger partial charge is 0.317 e. The fraction of sp³-hybridized carbons (Fsp3) is 0.526. The van der Waals surface area contributed by atoms with E-state index in [1.54, 1.807) is 36.1 Å². The third kappa shape index (κ3) is 4.15. The van der Waals surface area contributed by atoms with Crippen LogP contribution < -0.4 is 10.6 Å². The molecule has 26 heavy (non-hydrogen) atoms. The van der Waals surface area contributed by atoms with Crippen molar-refractivity contribution in [2.45, 2.75) is 38.3 Å². The van der Waals surface area contributed by atoms with E-state index in [2.05, 4.69) is 10.6 Å². The van der Waals surface area contributed by atoms with Gasteiger partial charge in [-0.15, -0.1) is 0 Å². The molecule has 0 saturated carbocycles. The largest absolute Gasteiger partial charge is 0.341 e. The number of carbonyl (C=O) groups excluding carboxylic acids is 3. The molecule has 7 nitrogen and oxygen atoms in total. The first-order valence-corrected chi connectivity index (χ1v) is 9.25. The molecular formula is C19H26N4O3. The molecule has 0 aliphatic carbocycles. The van der Waals surface area contributed by atoms with Crippen LogP contribution in [0.3, 0.4) is 0 Å². The highest BCUT2D eigenvalue weighted by molar-refractivity contribution is 5.97. The normalized spacial score (nSPS) is 19.7. The van der Waals surface area contributed by atoms with Crippen molar-refractivity contribution in [1.29, 1.82) is 0 Å². The molecule has 1 aromatic rings. The van der Waals surface area contributed by atoms with E-state index in [9.17, 15) is 14.4 Å². The molecule has 3 rings (SSSR count). The maximum atomic E-state index is 12.6. The van der Waals surface area contributed by atoms with Crippen LogP contribution in [0.2, 0.25) is 0 Å². The lowest BCUT2D eigenvalue weighted by atomic mass is 10.0. The van der Waals surface area contributed by atoms with E-state index < -0.39 is 6.04 Å². The number of urea groups is 1. The second-order valence-electron chi connectivity index (χ2n) is 6.90. The summed E-state index contributed by atoms with van der Waals surface area (Å²) in [5.41, 5.74) is 0.543. The Morgan fingerprint density at radius 3 is 2.50 bits per heavy atom. The lowest BCUT2D eigenvalue weighted by Crippen LogP contribution is -2.56. The number of piperidine rings is 1. The predicted octanol–water partition coefficient (Wildman–Crippen LogP) is 1.21. The van der Waals surface area contributed by atoms with Crippen LogP contribution in [0.1, 0.15) is 36.5 Å². The number of amides is 4. The molecule has 2 heterocycles. The number of nitrogens with zero attached hydrogens (tertiary/aromatic N) is 2. The van der Waals surface area contributed by atoms with Gasteiger partial charge in [-0.05, 0) is 38.3 Å². The molecule has 140 valence electrons. The monoisotopic (exact) mass is 358 g/mol. The summed E-state index contributed by atoms with van der Waals surface area (Å²) >= 11 is 0. The van der Waals surface area contributed by atoms with Gasteiger partial charge in [0.15, 0.2) is 0 Å². The van der Waals surface area contributed by atoms with E-state index in [1.807, 2.05) is 11.0 Å². The number of rotatable bonds is 4. The first kappa shape index (κ1) is 18.2. The van der Waals surface area contributed by atoms with Crippen LogP contribution in [0, 0.1) is 0 Å². The second-order valence-corrected chi connectivity index (χ2v) is 6.90. The Hall–Kier alpha value is -2.57. The minimum atomic E-state index is -0.572. The maximum Gasteiger partial charge on any atom is 0.317 e. The molecule has 1 aromatic carbocycles. The summed E-state index contributed by atoms with van der Waals surface area (Å²) in [6.07, 6.45) is 2.52. The van der Waals surface area contributed by atoms with E-state index in [0.29, 0.717) is 18.7 Å². The Labute approximate surface area is 153 Å². The summed E-state index contributed by atoms with van der Waals surface area (Å²) in [6, 6.07) is 8.50. The van der Waals surface area contributed by atoms with Crippen molar-refractivity contribution < 1.29 is 14.4 Å². The van der Waals surface area contributed by atoms with E-state index in [1.165, 1.54) is 0 Å². The highest BCUT2D eigenvalue weighted by Crippen LogP contribution is 2.19. The van der Waals surface area contributed by atoms with E-state index >= 15 is 0 Å². The molecule has 0 bridgehead atoms. The Balaban J connectivity index is 1.50. The summed E-state index contributed by atoms with van der Waals surface area (Å²) < 4.78 is 0. The molecule has 4 amide bonds. The standard InChI is InChI=1S/C19H26N4O3/c1-14(21-17(24)15-6-3-2-4-7-15)18(25)22-12-8-16(9-13-22)23-11-5-10-20-19(23)26/h2-4,6-7,14,16H,5,8-13H2,1H3,(H,20,26)(H,21,24). The third-order valence-electron chi connectivity index (χ3n) is 5.08. The fourth-order valence-electron chi connectivity index (χ4n) is 3.60. The summed E-state index contributed by atoms with van der Waals surface area (Å²) in [6.45, 7) is 4.46. The molecule has 2 aliphatic rings. The van der Waals surface area contributed by atoms with Crippen molar-refractivity contribution in [3.05, 3.63) is 35.9 Å². The second kappa shape index (κ2) is 8.21. The van der Waals surface area contributed by atoms with Crippen molar-refractivity contribution >= 4 is 17.8 Å². The van der Waals surface area contributed by atoms with Crippen LogP contribution in [0.4, 0.5) is 4.79 Å². The van der Waals surface area contributed by atoms with Crippen LogP contribution in [0.5, 0.6) is 0 Å². The van der Waals surface area contributed by atoms with Gasteiger partial charge in [0.2, 0.25) is 5.91 Å². The van der Waals surface area contributed by atoms with Gasteiger partial charge < -0.3 is 20.4 Å². The van der Waals surface area contributed by atoms with Crippen molar-refractivity contribution in [3.8, 4) is 0 Å². The molecule has 0 aromatic heterocycles. The Morgan fingerprint density at radius 1 is 1.15 bits per heavy atom. The number of likely N-dealkylation sites (tertiary alicyclic amines) is 1. The molecule has 0 radical (unpaired) electrons. The molecule has 2 aliphatic heterocycles. The van der Waals surface area contributed by atoms with Crippen LogP contribution >= 0.6 is 0 Å². The summed E-state index contributed by atoms with van der Waals surface area (Å²) in [4.78, 5) is 40.5. The molecule has 0 spiro atoms. The average molecular weight is 358 g/mol. The van der Waals surface area contributed by atoms with Crippen LogP contribution in [0.15, 0.2) is 30.3 Å². The summed E-state index contributed by atoms with van der Waals surface area (Å²) in [5.74, 6) is -0.317. The van der Waals surface area contributed by atoms with Crippen molar-refractivity contribution in [2.75, 3.05) is 26.2 Å². The van der Waals surface area contributed by atoms with Gasteiger partial charge in [-0.2, -0.15) is 0 Å². The Morgan fingerprint density at radius 2 is 1.85 bits per heavy atom. The molecule has 2 saturated heterocycles. The lowest BCUT2D eigenvalue weighted by Gasteiger charge is -2.40. The van der Waals surface area contributed by atoms with Gasteiger partial charge in [-0.3, -0.25) is 9.59 Å². The van der Waals surface area contributed by atoms with E-state index in [4.69, 9.17) is 0 Å². The zero-order valence-electron chi connectivity index (χ0n) is 15.1. The van der Waals surface area contributed by atoms with E-state index in [0.717, 1.165) is 32.4 Å². The van der Waals surface area contributed by atoms with Gasteiger partial charge in [-0.1, -0.05) is 18.2 Å². The number of hydrogen-bond donors (Lipinski definition) is 2. The number of nitrogens with one attached hydrogen (secondary N) is 2. The molecule has 2 N–H and O–H groups in total. The highest BCUT2D eigenvalue weighted by Gasteiger charge is 2.32. The SMILES string of the molecule is CC(NC(=O)c1ccccc1)C(=O)N1CCC(N2CCCNC2=O)CC1. The van der Waals surface area contributed by atoms with Crippen molar-refractivity contribution in [1.82, 2.24) is 20.4 Å². The van der Waals surface area contributed by atoms with Crippen LogP contribution in [-0.4, -0.2) is 65.9 Å². The maximum absolute atomic E-state index is 12.6. The zero-order valence-corrected chi connectivity index (χ0v) is 15.1. The van der Waals surface area contributed by atoms with Gasteiger partial charge in [-0.25, -0.2) is 4.79 Å². The first-order valence-electron chi connectivity index (χ1n) is 9.25. The molecule has 1 atom stereocenters. The van der Waals surface area contributed by atoms with Crippen LogP contribution in [0.25, 0.3) is 0 Å². The van der Waals surface area contributed by atoms with Gasteiger partial charge in [0.05, 0.1) is 0 Å². The van der Waals surface area contributed by atoms with Gasteiger partial charge >= 0.3 is 6.03 Å². The van der Waals surface area contributed by atoms with Crippen LogP contribution in [-0.2, 0) is 4.79 Å². The number of hydrogen-bond acceptors (Lipinski definition) is 3. The topological polar surface area (TPSA) is 81.8 Å². The van der Waals surface area contributed by atoms with Crippen molar-refractivity contribution in [3.63, 3.8) is 0 Å². The highest BCUT2D eigenvalue weighted by atomic mass is 16.2. The Kier molecular flexibility index (Phi) is 5.75. The van der Waals surface area contributed by atoms with Crippen molar-refractivity contribution in [2.24, 2.45) is 0 Å². The zero-order chi connectivity index (χ0) is 18.5. The lowest BCUT2D eigenvalue weighted by molar-refractivity contribution is -0.134. The number of carbonyl (C=O) groups is 3. The first-order chi connectivity index (χ1) is 12.6. The predicted molar refractivity (Wildman–Crippen MR) is 97.7 cm³/mol. The molecule has 2 fully saturated rings. The molecule has 7 heteroatoms. The summed E-state index contributed by atoms with van der Waals surface area (Å²) in [7, 11) is 0.